The number of nitrogens with zero attached hydrogens (tertiary/aromatic N) is 1. The summed E-state index contributed by atoms with van der Waals surface area (Å²) in [6.07, 6.45) is 0. The highest BCUT2D eigenvalue weighted by Crippen LogP contribution is 2.44. The molecule has 0 unspecified atom stereocenters. The van der Waals surface area contributed by atoms with Gasteiger partial charge in [-0.2, -0.15) is 0 Å². The van der Waals surface area contributed by atoms with E-state index in [1.165, 1.54) is 59.8 Å². The van der Waals surface area contributed by atoms with Gasteiger partial charge in [0.2, 0.25) is 0 Å². The van der Waals surface area contributed by atoms with Crippen LogP contribution in [0, 0.1) is 6.57 Å². The maximum Gasteiger partial charge on any atom is 0.188 e. The van der Waals surface area contributed by atoms with Gasteiger partial charge in [-0.05, 0) is 102 Å². The van der Waals surface area contributed by atoms with E-state index in [2.05, 4.69) is 126 Å². The van der Waals surface area contributed by atoms with Crippen molar-refractivity contribution in [3.05, 3.63) is 151 Å². The van der Waals surface area contributed by atoms with Gasteiger partial charge in [0.25, 0.3) is 0 Å². The van der Waals surface area contributed by atoms with E-state index in [9.17, 15) is 0 Å². The van der Waals surface area contributed by atoms with E-state index in [0.29, 0.717) is 5.69 Å². The van der Waals surface area contributed by atoms with Crippen LogP contribution in [0.4, 0.5) is 5.69 Å². The summed E-state index contributed by atoms with van der Waals surface area (Å²) < 4.78 is 6.14. The van der Waals surface area contributed by atoms with Crippen molar-refractivity contribution in [2.24, 2.45) is 0 Å². The third-order valence-electron chi connectivity index (χ3n) is 8.86. The Morgan fingerprint density at radius 3 is 1.72 bits per heavy atom. The lowest BCUT2D eigenvalue weighted by Crippen LogP contribution is -1.89. The molecule has 0 saturated carbocycles. The molecule has 0 aliphatic rings. The van der Waals surface area contributed by atoms with Gasteiger partial charge < -0.3 is 4.42 Å². The summed E-state index contributed by atoms with van der Waals surface area (Å²) in [5.74, 6) is 0. The Labute approximate surface area is 247 Å². The first-order valence-electron chi connectivity index (χ1n) is 14.5. The molecule has 0 spiro atoms. The second-order valence-corrected chi connectivity index (χ2v) is 11.2. The van der Waals surface area contributed by atoms with Crippen molar-refractivity contribution in [2.75, 3.05) is 0 Å². The first kappa shape index (κ1) is 23.8. The standard InChI is InChI=1S/C41H23NO/c1-42-27-18-20-41-39(22-27)38-21-26(17-19-40(38)43-41)34-23-36-33-15-7-6-14-32(33)35(24-37(36)31-13-5-4-12-30(31)34)29-16-8-10-25-9-2-3-11-28(25)29/h2-24H. The van der Waals surface area contributed by atoms with Crippen molar-refractivity contribution in [3.63, 3.8) is 0 Å². The number of fused-ring (bicyclic) bond motifs is 9. The Balaban J connectivity index is 1.38. The first-order chi connectivity index (χ1) is 21.3. The van der Waals surface area contributed by atoms with E-state index in [1.807, 2.05) is 18.2 Å². The third-order valence-corrected chi connectivity index (χ3v) is 8.86. The topological polar surface area (TPSA) is 17.5 Å². The minimum Gasteiger partial charge on any atom is -0.456 e. The summed E-state index contributed by atoms with van der Waals surface area (Å²) in [4.78, 5) is 3.65. The lowest BCUT2D eigenvalue weighted by Gasteiger charge is -2.17. The summed E-state index contributed by atoms with van der Waals surface area (Å²) in [5.41, 5.74) is 7.06. The molecular formula is C41H23NO. The molecule has 0 N–H and O–H groups in total. The Bertz CT molecular complexity index is 2630. The molecule has 8 aromatic carbocycles. The van der Waals surface area contributed by atoms with Crippen LogP contribution in [0.25, 0.3) is 92.1 Å². The molecule has 0 radical (unpaired) electrons. The average molecular weight is 546 g/mol. The largest absolute Gasteiger partial charge is 0.456 e. The van der Waals surface area contributed by atoms with Gasteiger partial charge in [-0.15, -0.1) is 0 Å². The maximum atomic E-state index is 7.49. The highest BCUT2D eigenvalue weighted by Gasteiger charge is 2.16. The van der Waals surface area contributed by atoms with Gasteiger partial charge in [-0.3, -0.25) is 0 Å². The molecule has 0 bridgehead atoms. The normalized spacial score (nSPS) is 11.7. The van der Waals surface area contributed by atoms with Crippen molar-refractivity contribution in [1.82, 2.24) is 0 Å². The number of benzene rings is 8. The van der Waals surface area contributed by atoms with E-state index < -0.39 is 0 Å². The van der Waals surface area contributed by atoms with Gasteiger partial charge in [0.05, 0.1) is 6.57 Å². The molecule has 198 valence electrons. The second-order valence-electron chi connectivity index (χ2n) is 11.2. The number of hydrogen-bond acceptors (Lipinski definition) is 1. The average Bonchev–Trinajstić information content (AvgIpc) is 3.44. The van der Waals surface area contributed by atoms with Crippen molar-refractivity contribution in [3.8, 4) is 22.3 Å². The van der Waals surface area contributed by atoms with Gasteiger partial charge in [-0.1, -0.05) is 103 Å². The monoisotopic (exact) mass is 545 g/mol. The summed E-state index contributed by atoms with van der Waals surface area (Å²) in [7, 11) is 0. The molecule has 1 aromatic heterocycles. The SMILES string of the molecule is [C-]#[N+]c1ccc2oc3ccc(-c4cc5c6ccccc6c(-c6cccc7ccccc67)cc5c5ccccc45)cc3c2c1. The molecule has 1 heterocycles. The zero-order valence-corrected chi connectivity index (χ0v) is 23.1. The third kappa shape index (κ3) is 3.52. The molecule has 2 heteroatoms. The number of rotatable bonds is 2. The summed E-state index contributed by atoms with van der Waals surface area (Å²) in [5, 5.41) is 11.9. The molecule has 0 fully saturated rings. The fourth-order valence-electron chi connectivity index (χ4n) is 6.88. The molecule has 43 heavy (non-hydrogen) atoms. The predicted octanol–water partition coefficient (Wildman–Crippen LogP) is 12.1. The van der Waals surface area contributed by atoms with Crippen LogP contribution in [0.15, 0.2) is 144 Å². The van der Waals surface area contributed by atoms with Crippen LogP contribution in [0.1, 0.15) is 0 Å². The quantitative estimate of drug-likeness (QED) is 0.156. The molecular weight excluding hydrogens is 522 g/mol. The van der Waals surface area contributed by atoms with Gasteiger partial charge >= 0.3 is 0 Å². The van der Waals surface area contributed by atoms with Gasteiger partial charge in [0.1, 0.15) is 11.2 Å². The van der Waals surface area contributed by atoms with E-state index in [-0.39, 0.29) is 0 Å². The van der Waals surface area contributed by atoms with Crippen LogP contribution in [-0.4, -0.2) is 0 Å². The second kappa shape index (κ2) is 9.05. The lowest BCUT2D eigenvalue weighted by molar-refractivity contribution is 0.669. The van der Waals surface area contributed by atoms with E-state index in [1.54, 1.807) is 0 Å². The van der Waals surface area contributed by atoms with E-state index in [0.717, 1.165) is 27.5 Å². The first-order valence-corrected chi connectivity index (χ1v) is 14.5. The number of hydrogen-bond donors (Lipinski definition) is 0. The molecule has 0 aliphatic heterocycles. The van der Waals surface area contributed by atoms with Crippen LogP contribution >= 0.6 is 0 Å². The Morgan fingerprint density at radius 1 is 0.395 bits per heavy atom. The molecule has 0 atom stereocenters. The van der Waals surface area contributed by atoms with Gasteiger partial charge in [-0.25, -0.2) is 4.85 Å². The van der Waals surface area contributed by atoms with Crippen molar-refractivity contribution < 1.29 is 4.42 Å². The molecule has 9 aromatic rings. The Morgan fingerprint density at radius 2 is 0.977 bits per heavy atom. The fourth-order valence-corrected chi connectivity index (χ4v) is 6.88. The summed E-state index contributed by atoms with van der Waals surface area (Å²) in [6, 6.07) is 49.6. The van der Waals surface area contributed by atoms with Crippen molar-refractivity contribution in [2.45, 2.75) is 0 Å². The zero-order chi connectivity index (χ0) is 28.5. The Kier molecular flexibility index (Phi) is 5.00. The predicted molar refractivity (Wildman–Crippen MR) is 181 cm³/mol. The smallest absolute Gasteiger partial charge is 0.188 e. The fraction of sp³-hybridized carbons (Fsp3) is 0. The highest BCUT2D eigenvalue weighted by molar-refractivity contribution is 6.25. The van der Waals surface area contributed by atoms with Crippen LogP contribution in [0.3, 0.4) is 0 Å². The van der Waals surface area contributed by atoms with Crippen LogP contribution in [0.5, 0.6) is 0 Å². The highest BCUT2D eigenvalue weighted by atomic mass is 16.3. The lowest BCUT2D eigenvalue weighted by atomic mass is 9.86. The van der Waals surface area contributed by atoms with Crippen LogP contribution in [-0.2, 0) is 0 Å². The molecule has 0 aliphatic carbocycles. The van der Waals surface area contributed by atoms with Crippen LogP contribution in [0.2, 0.25) is 0 Å². The maximum absolute atomic E-state index is 7.49. The van der Waals surface area contributed by atoms with Crippen LogP contribution < -0.4 is 0 Å². The van der Waals surface area contributed by atoms with Gasteiger partial charge in [0, 0.05) is 10.8 Å². The summed E-state index contributed by atoms with van der Waals surface area (Å²) in [6.45, 7) is 7.49. The van der Waals surface area contributed by atoms with E-state index in [4.69, 9.17) is 11.0 Å². The van der Waals surface area contributed by atoms with E-state index >= 15 is 0 Å². The van der Waals surface area contributed by atoms with Crippen molar-refractivity contribution >= 4 is 70.7 Å². The summed E-state index contributed by atoms with van der Waals surface area (Å²) >= 11 is 0. The molecule has 9 rings (SSSR count). The minimum absolute atomic E-state index is 0.616. The zero-order valence-electron chi connectivity index (χ0n) is 23.1. The Hall–Kier alpha value is -5.91. The minimum atomic E-state index is 0.616. The molecule has 0 saturated heterocycles. The number of furan rings is 1. The van der Waals surface area contributed by atoms with Crippen molar-refractivity contribution in [1.29, 1.82) is 0 Å². The molecule has 0 amide bonds. The van der Waals surface area contributed by atoms with Gasteiger partial charge in [0.15, 0.2) is 5.69 Å². The molecule has 2 nitrogen and oxygen atoms in total.